The van der Waals surface area contributed by atoms with Crippen molar-refractivity contribution in [3.05, 3.63) is 40.6 Å². The van der Waals surface area contributed by atoms with Crippen molar-refractivity contribution in [1.82, 2.24) is 20.0 Å². The average molecular weight is 318 g/mol. The number of para-hydroxylation sites is 1. The summed E-state index contributed by atoms with van der Waals surface area (Å²) in [6.07, 6.45) is 2.55. The summed E-state index contributed by atoms with van der Waals surface area (Å²) in [5, 5.41) is 9.11. The van der Waals surface area contributed by atoms with E-state index in [0.29, 0.717) is 5.82 Å². The van der Waals surface area contributed by atoms with Crippen LogP contribution in [-0.2, 0) is 6.42 Å². The van der Waals surface area contributed by atoms with Crippen molar-refractivity contribution < 1.29 is 0 Å². The normalized spacial score (nSPS) is 11.1. The van der Waals surface area contributed by atoms with Crippen LogP contribution in [0.5, 0.6) is 0 Å². The summed E-state index contributed by atoms with van der Waals surface area (Å²) < 4.78 is 2.71. The highest BCUT2D eigenvalue weighted by Crippen LogP contribution is 2.24. The summed E-state index contributed by atoms with van der Waals surface area (Å²) in [6, 6.07) is 7.99. The first kappa shape index (κ1) is 12.1. The van der Waals surface area contributed by atoms with Crippen molar-refractivity contribution in [2.24, 2.45) is 0 Å². The third-order valence-corrected chi connectivity index (χ3v) is 3.45. The Morgan fingerprint density at radius 3 is 3.00 bits per heavy atom. The van der Waals surface area contributed by atoms with E-state index in [0.717, 1.165) is 33.2 Å². The van der Waals surface area contributed by atoms with Gasteiger partial charge in [-0.3, -0.25) is 4.98 Å². The van der Waals surface area contributed by atoms with Crippen molar-refractivity contribution in [2.45, 2.75) is 13.3 Å². The number of pyridine rings is 1. The van der Waals surface area contributed by atoms with E-state index in [-0.39, 0.29) is 0 Å². The van der Waals surface area contributed by atoms with Crippen LogP contribution >= 0.6 is 15.9 Å². The summed E-state index contributed by atoms with van der Waals surface area (Å²) in [4.78, 5) is 4.47. The number of rotatable bonds is 2. The van der Waals surface area contributed by atoms with Gasteiger partial charge in [0.25, 0.3) is 0 Å². The number of aromatic nitrogens is 4. The molecule has 0 fully saturated rings. The van der Waals surface area contributed by atoms with Crippen LogP contribution in [0.25, 0.3) is 16.6 Å². The number of halogens is 1. The average Bonchev–Trinajstić information content (AvgIpc) is 2.78. The van der Waals surface area contributed by atoms with Gasteiger partial charge in [0.05, 0.1) is 16.9 Å². The third kappa shape index (κ3) is 1.98. The van der Waals surface area contributed by atoms with E-state index < -0.39 is 0 Å². The zero-order valence-electron chi connectivity index (χ0n) is 10.3. The molecule has 6 heteroatoms. The summed E-state index contributed by atoms with van der Waals surface area (Å²) in [6.45, 7) is 2.03. The van der Waals surface area contributed by atoms with E-state index in [1.807, 2.05) is 31.2 Å². The van der Waals surface area contributed by atoms with E-state index in [9.17, 15) is 0 Å². The summed E-state index contributed by atoms with van der Waals surface area (Å²) in [5.74, 6) is 0.469. The Balaban J connectivity index is 2.30. The molecule has 0 spiro atoms. The number of anilines is 1. The summed E-state index contributed by atoms with van der Waals surface area (Å²) in [5.41, 5.74) is 8.51. The minimum absolute atomic E-state index is 0.469. The minimum Gasteiger partial charge on any atom is -0.381 e. The molecule has 19 heavy (non-hydrogen) atoms. The molecule has 0 radical (unpaired) electrons. The lowest BCUT2D eigenvalue weighted by Gasteiger charge is -2.08. The van der Waals surface area contributed by atoms with E-state index >= 15 is 0 Å². The summed E-state index contributed by atoms with van der Waals surface area (Å²) in [7, 11) is 0. The van der Waals surface area contributed by atoms with Crippen LogP contribution in [0, 0.1) is 0 Å². The van der Waals surface area contributed by atoms with E-state index in [1.54, 1.807) is 10.9 Å². The van der Waals surface area contributed by atoms with Crippen molar-refractivity contribution in [1.29, 1.82) is 0 Å². The lowest BCUT2D eigenvalue weighted by Crippen LogP contribution is -2.04. The van der Waals surface area contributed by atoms with E-state index in [1.165, 1.54) is 0 Å². The van der Waals surface area contributed by atoms with Crippen LogP contribution in [0.2, 0.25) is 0 Å². The quantitative estimate of drug-likeness (QED) is 0.789. The molecule has 0 aliphatic rings. The highest BCUT2D eigenvalue weighted by molar-refractivity contribution is 9.10. The zero-order valence-corrected chi connectivity index (χ0v) is 11.9. The highest BCUT2D eigenvalue weighted by Gasteiger charge is 2.13. The van der Waals surface area contributed by atoms with E-state index in [2.05, 4.69) is 31.2 Å². The van der Waals surface area contributed by atoms with Gasteiger partial charge in [0.15, 0.2) is 5.82 Å². The number of hydrogen-bond donors (Lipinski definition) is 1. The molecule has 2 heterocycles. The van der Waals surface area contributed by atoms with Crippen LogP contribution in [0.3, 0.4) is 0 Å². The minimum atomic E-state index is 0.469. The molecule has 3 rings (SSSR count). The molecule has 2 aromatic heterocycles. The number of nitrogens with zero attached hydrogens (tertiary/aromatic N) is 4. The predicted molar refractivity (Wildman–Crippen MR) is 78.2 cm³/mol. The first-order chi connectivity index (χ1) is 9.20. The third-order valence-electron chi connectivity index (χ3n) is 3.01. The molecule has 3 aromatic rings. The summed E-state index contributed by atoms with van der Waals surface area (Å²) >= 11 is 3.43. The van der Waals surface area contributed by atoms with Gasteiger partial charge in [-0.05, 0) is 34.5 Å². The Morgan fingerprint density at radius 2 is 2.21 bits per heavy atom. The largest absolute Gasteiger partial charge is 0.381 e. The molecule has 96 valence electrons. The van der Waals surface area contributed by atoms with Gasteiger partial charge in [0, 0.05) is 16.1 Å². The van der Waals surface area contributed by atoms with Crippen LogP contribution in [0.4, 0.5) is 5.82 Å². The van der Waals surface area contributed by atoms with Gasteiger partial charge in [0.1, 0.15) is 0 Å². The second-order valence-electron chi connectivity index (χ2n) is 4.19. The predicted octanol–water partition coefficient (Wildman–Crippen LogP) is 2.72. The Kier molecular flexibility index (Phi) is 2.94. The molecule has 0 atom stereocenters. The number of nitrogens with two attached hydrogens (primary N) is 1. The fourth-order valence-corrected chi connectivity index (χ4v) is 2.48. The molecule has 2 N–H and O–H groups in total. The first-order valence-corrected chi connectivity index (χ1v) is 6.74. The Labute approximate surface area is 118 Å². The van der Waals surface area contributed by atoms with Gasteiger partial charge in [-0.2, -0.15) is 0 Å². The fraction of sp³-hybridized carbons (Fsp3) is 0.154. The topological polar surface area (TPSA) is 69.6 Å². The second-order valence-corrected chi connectivity index (χ2v) is 5.10. The zero-order chi connectivity index (χ0) is 13.4. The van der Waals surface area contributed by atoms with Gasteiger partial charge in [-0.1, -0.05) is 24.3 Å². The second kappa shape index (κ2) is 4.62. The molecule has 1 aromatic carbocycles. The molecule has 0 aliphatic heterocycles. The SMILES string of the molecule is CCc1c(N)nnn1-c1cccc2cc(Br)cnc12. The smallest absolute Gasteiger partial charge is 0.169 e. The van der Waals surface area contributed by atoms with Gasteiger partial charge in [-0.15, -0.1) is 5.10 Å². The van der Waals surface area contributed by atoms with Crippen molar-refractivity contribution in [2.75, 3.05) is 5.73 Å². The van der Waals surface area contributed by atoms with E-state index in [4.69, 9.17) is 5.73 Å². The van der Waals surface area contributed by atoms with Gasteiger partial charge in [0.2, 0.25) is 0 Å². The number of benzene rings is 1. The van der Waals surface area contributed by atoms with Gasteiger partial charge in [-0.25, -0.2) is 4.68 Å². The van der Waals surface area contributed by atoms with Gasteiger partial charge >= 0.3 is 0 Å². The van der Waals surface area contributed by atoms with Crippen LogP contribution in [0.15, 0.2) is 34.9 Å². The number of fused-ring (bicyclic) bond motifs is 1. The highest BCUT2D eigenvalue weighted by atomic mass is 79.9. The van der Waals surface area contributed by atoms with Crippen LogP contribution in [-0.4, -0.2) is 20.0 Å². The first-order valence-electron chi connectivity index (χ1n) is 5.95. The fourth-order valence-electron chi connectivity index (χ4n) is 2.13. The molecule has 0 amide bonds. The molecular formula is C13H12BrN5. The molecule has 0 saturated carbocycles. The van der Waals surface area contributed by atoms with Crippen molar-refractivity contribution in [3.8, 4) is 5.69 Å². The maximum atomic E-state index is 5.84. The Morgan fingerprint density at radius 1 is 1.37 bits per heavy atom. The van der Waals surface area contributed by atoms with Crippen molar-refractivity contribution in [3.63, 3.8) is 0 Å². The lowest BCUT2D eigenvalue weighted by molar-refractivity contribution is 0.770. The standard InChI is InChI=1S/C13H12BrN5/c1-2-10-13(15)17-18-19(10)11-5-3-4-8-6-9(14)7-16-12(8)11/h3-7H,2,15H2,1H3. The molecule has 0 saturated heterocycles. The van der Waals surface area contributed by atoms with Crippen LogP contribution < -0.4 is 5.73 Å². The van der Waals surface area contributed by atoms with Gasteiger partial charge < -0.3 is 5.73 Å². The maximum Gasteiger partial charge on any atom is 0.169 e. The maximum absolute atomic E-state index is 5.84. The molecule has 5 nitrogen and oxygen atoms in total. The molecular weight excluding hydrogens is 306 g/mol. The number of nitrogen functional groups attached to an aromatic ring is 1. The van der Waals surface area contributed by atoms with Crippen LogP contribution in [0.1, 0.15) is 12.6 Å². The molecule has 0 aliphatic carbocycles. The monoisotopic (exact) mass is 317 g/mol. The Hall–Kier alpha value is -1.95. The lowest BCUT2D eigenvalue weighted by atomic mass is 10.2. The van der Waals surface area contributed by atoms with Crippen molar-refractivity contribution >= 4 is 32.7 Å². The molecule has 0 bridgehead atoms. The molecule has 0 unspecified atom stereocenters. The Bertz CT molecular complexity index is 750. The number of hydrogen-bond acceptors (Lipinski definition) is 4.